The zero-order chi connectivity index (χ0) is 15.0. The van der Waals surface area contributed by atoms with E-state index in [1.54, 1.807) is 29.6 Å². The highest BCUT2D eigenvalue weighted by Crippen LogP contribution is 2.30. The molecule has 21 heavy (non-hydrogen) atoms. The first-order valence-electron chi connectivity index (χ1n) is 7.40. The minimum absolute atomic E-state index is 0.313. The van der Waals surface area contributed by atoms with Crippen molar-refractivity contribution in [3.05, 3.63) is 23.8 Å². The highest BCUT2D eigenvalue weighted by atomic mass is 32.2. The van der Waals surface area contributed by atoms with Gasteiger partial charge in [-0.2, -0.15) is 4.31 Å². The molecule has 0 bridgehead atoms. The van der Waals surface area contributed by atoms with Gasteiger partial charge in [0.05, 0.1) is 12.0 Å². The van der Waals surface area contributed by atoms with Gasteiger partial charge in [-0.25, -0.2) is 8.42 Å². The quantitative estimate of drug-likeness (QED) is 0.916. The molecule has 1 aromatic carbocycles. The van der Waals surface area contributed by atoms with E-state index >= 15 is 0 Å². The lowest BCUT2D eigenvalue weighted by Gasteiger charge is -2.24. The maximum Gasteiger partial charge on any atom is 0.243 e. The van der Waals surface area contributed by atoms with E-state index in [2.05, 4.69) is 5.32 Å². The van der Waals surface area contributed by atoms with Gasteiger partial charge in [-0.05, 0) is 56.0 Å². The minimum atomic E-state index is -3.41. The number of hydrogen-bond acceptors (Lipinski definition) is 4. The second-order valence-corrected chi connectivity index (χ2v) is 7.85. The molecule has 2 fully saturated rings. The Kier molecular flexibility index (Phi) is 3.94. The Hall–Kier alpha value is -1.11. The van der Waals surface area contributed by atoms with Crippen LogP contribution in [0.4, 0.5) is 0 Å². The number of benzene rings is 1. The number of fused-ring (bicyclic) bond motifs is 1. The Morgan fingerprint density at radius 2 is 2.14 bits per heavy atom. The van der Waals surface area contributed by atoms with Crippen molar-refractivity contribution in [3.63, 3.8) is 0 Å². The van der Waals surface area contributed by atoms with Crippen LogP contribution in [0.5, 0.6) is 5.75 Å². The molecule has 116 valence electrons. The van der Waals surface area contributed by atoms with Gasteiger partial charge in [0.1, 0.15) is 5.75 Å². The van der Waals surface area contributed by atoms with Crippen LogP contribution < -0.4 is 10.1 Å². The van der Waals surface area contributed by atoms with Crippen molar-refractivity contribution in [2.75, 3.05) is 26.7 Å². The van der Waals surface area contributed by atoms with Crippen molar-refractivity contribution in [1.29, 1.82) is 0 Å². The topological polar surface area (TPSA) is 58.6 Å². The van der Waals surface area contributed by atoms with E-state index in [9.17, 15) is 8.42 Å². The first kappa shape index (κ1) is 14.8. The zero-order valence-electron chi connectivity index (χ0n) is 12.5. The lowest BCUT2D eigenvalue weighted by Crippen LogP contribution is -2.41. The maximum atomic E-state index is 12.8. The molecule has 2 saturated heterocycles. The second-order valence-electron chi connectivity index (χ2n) is 5.92. The van der Waals surface area contributed by atoms with Crippen molar-refractivity contribution < 1.29 is 13.2 Å². The number of rotatable bonds is 3. The lowest BCUT2D eigenvalue weighted by atomic mass is 9.94. The lowest BCUT2D eigenvalue weighted by molar-refractivity contribution is 0.339. The summed E-state index contributed by atoms with van der Waals surface area (Å²) in [6, 6.07) is 5.37. The molecule has 1 aromatic rings. The standard InChI is InChI=1S/C15H22N2O3S/c1-11-8-13(5-6-15(11)20-2)21(18,19)17-9-12-4-3-7-16-14(12)10-17/h5-6,8,12,14,16H,3-4,7,9-10H2,1-2H3/t12-,14+/m0/s1. The average molecular weight is 310 g/mol. The van der Waals surface area contributed by atoms with Gasteiger partial charge < -0.3 is 10.1 Å². The number of nitrogens with one attached hydrogen (secondary N) is 1. The molecular formula is C15H22N2O3S. The average Bonchev–Trinajstić information content (AvgIpc) is 2.92. The molecule has 2 atom stereocenters. The van der Waals surface area contributed by atoms with Gasteiger partial charge in [-0.1, -0.05) is 0 Å². The molecule has 0 aliphatic carbocycles. The fourth-order valence-electron chi connectivity index (χ4n) is 3.36. The van der Waals surface area contributed by atoms with Crippen LogP contribution >= 0.6 is 0 Å². The van der Waals surface area contributed by atoms with E-state index in [4.69, 9.17) is 4.74 Å². The highest BCUT2D eigenvalue weighted by Gasteiger charge is 2.40. The third-order valence-electron chi connectivity index (χ3n) is 4.57. The number of ether oxygens (including phenoxy) is 1. The predicted octanol–water partition coefficient (Wildman–Crippen LogP) is 1.38. The number of sulfonamides is 1. The summed E-state index contributed by atoms with van der Waals surface area (Å²) in [5, 5.41) is 3.44. The Labute approximate surface area is 126 Å². The van der Waals surface area contributed by atoms with E-state index in [-0.39, 0.29) is 0 Å². The Morgan fingerprint density at radius 3 is 2.81 bits per heavy atom. The zero-order valence-corrected chi connectivity index (χ0v) is 13.3. The van der Waals surface area contributed by atoms with Crippen LogP contribution in [0.2, 0.25) is 0 Å². The molecule has 6 heteroatoms. The third kappa shape index (κ3) is 2.67. The van der Waals surface area contributed by atoms with Gasteiger partial charge in [0, 0.05) is 19.1 Å². The molecule has 0 radical (unpaired) electrons. The van der Waals surface area contributed by atoms with Crippen LogP contribution in [0.3, 0.4) is 0 Å². The van der Waals surface area contributed by atoms with Crippen molar-refractivity contribution in [2.45, 2.75) is 30.7 Å². The molecule has 0 aromatic heterocycles. The first-order chi connectivity index (χ1) is 10.0. The second kappa shape index (κ2) is 5.59. The Balaban J connectivity index is 1.85. The minimum Gasteiger partial charge on any atom is -0.496 e. The smallest absolute Gasteiger partial charge is 0.243 e. The van der Waals surface area contributed by atoms with Gasteiger partial charge in [-0.3, -0.25) is 0 Å². The molecule has 1 N–H and O–H groups in total. The number of piperidine rings is 1. The molecule has 2 heterocycles. The van der Waals surface area contributed by atoms with Crippen molar-refractivity contribution >= 4 is 10.0 Å². The van der Waals surface area contributed by atoms with Crippen molar-refractivity contribution in [3.8, 4) is 5.75 Å². The fourth-order valence-corrected chi connectivity index (χ4v) is 4.97. The van der Waals surface area contributed by atoms with E-state index in [1.807, 2.05) is 6.92 Å². The fraction of sp³-hybridized carbons (Fsp3) is 0.600. The molecular weight excluding hydrogens is 288 g/mol. The van der Waals surface area contributed by atoms with Gasteiger partial charge >= 0.3 is 0 Å². The monoisotopic (exact) mass is 310 g/mol. The predicted molar refractivity (Wildman–Crippen MR) is 81.0 cm³/mol. The SMILES string of the molecule is COc1ccc(S(=O)(=O)N2C[C@@H]3CCCN[C@@H]3C2)cc1C. The molecule has 5 nitrogen and oxygen atoms in total. The molecule has 3 rings (SSSR count). The van der Waals surface area contributed by atoms with E-state index in [1.165, 1.54) is 0 Å². The summed E-state index contributed by atoms with van der Waals surface area (Å²) in [6.45, 7) is 4.07. The summed E-state index contributed by atoms with van der Waals surface area (Å²) in [5.41, 5.74) is 0.841. The van der Waals surface area contributed by atoms with E-state index in [0.717, 1.165) is 24.9 Å². The molecule has 0 saturated carbocycles. The van der Waals surface area contributed by atoms with Crippen LogP contribution in [0.1, 0.15) is 18.4 Å². The normalized spacial score (nSPS) is 26.6. The summed E-state index contributed by atoms with van der Waals surface area (Å²) in [5.74, 6) is 1.17. The number of methoxy groups -OCH3 is 1. The number of hydrogen-bond donors (Lipinski definition) is 1. The summed E-state index contributed by atoms with van der Waals surface area (Å²) in [7, 11) is -1.82. The van der Waals surface area contributed by atoms with E-state index < -0.39 is 10.0 Å². The van der Waals surface area contributed by atoms with Crippen LogP contribution in [-0.4, -0.2) is 45.5 Å². The van der Waals surface area contributed by atoms with Crippen molar-refractivity contribution in [2.24, 2.45) is 5.92 Å². The maximum absolute atomic E-state index is 12.8. The highest BCUT2D eigenvalue weighted by molar-refractivity contribution is 7.89. The molecule has 2 aliphatic rings. The summed E-state index contributed by atoms with van der Waals surface area (Å²) >= 11 is 0. The molecule has 2 aliphatic heterocycles. The summed E-state index contributed by atoms with van der Waals surface area (Å²) in [6.07, 6.45) is 2.25. The summed E-state index contributed by atoms with van der Waals surface area (Å²) < 4.78 is 32.4. The van der Waals surface area contributed by atoms with Crippen LogP contribution in [0.15, 0.2) is 23.1 Å². The van der Waals surface area contributed by atoms with Gasteiger partial charge in [0.25, 0.3) is 0 Å². The van der Waals surface area contributed by atoms with Crippen molar-refractivity contribution in [1.82, 2.24) is 9.62 Å². The van der Waals surface area contributed by atoms with Gasteiger partial charge in [0.15, 0.2) is 0 Å². The van der Waals surface area contributed by atoms with Gasteiger partial charge in [0.2, 0.25) is 10.0 Å². The van der Waals surface area contributed by atoms with Crippen LogP contribution in [0, 0.1) is 12.8 Å². The Morgan fingerprint density at radius 1 is 1.33 bits per heavy atom. The van der Waals surface area contributed by atoms with Crippen LogP contribution in [0.25, 0.3) is 0 Å². The molecule has 0 unspecified atom stereocenters. The number of nitrogens with zero attached hydrogens (tertiary/aromatic N) is 1. The largest absolute Gasteiger partial charge is 0.496 e. The van der Waals surface area contributed by atoms with Gasteiger partial charge in [-0.15, -0.1) is 0 Å². The van der Waals surface area contributed by atoms with E-state index in [0.29, 0.717) is 35.7 Å². The third-order valence-corrected chi connectivity index (χ3v) is 6.40. The van der Waals surface area contributed by atoms with Crippen LogP contribution in [-0.2, 0) is 10.0 Å². The molecule has 0 spiro atoms. The summed E-state index contributed by atoms with van der Waals surface area (Å²) in [4.78, 5) is 0.361. The Bertz CT molecular complexity index is 616. The molecule has 0 amide bonds. The first-order valence-corrected chi connectivity index (χ1v) is 8.84. The number of aryl methyl sites for hydroxylation is 1.